The van der Waals surface area contributed by atoms with Gasteiger partial charge in [0.2, 0.25) is 0 Å². The molecule has 0 aliphatic carbocycles. The van der Waals surface area contributed by atoms with Crippen molar-refractivity contribution in [3.05, 3.63) is 89.0 Å². The number of alkyl halides is 10. The van der Waals surface area contributed by atoms with Crippen LogP contribution in [0.15, 0.2) is 66.7 Å². The maximum atomic E-state index is 14.2. The molecule has 14 heteroatoms. The third kappa shape index (κ3) is 7.34. The lowest BCUT2D eigenvalue weighted by atomic mass is 10.0. The topological polar surface area (TPSA) is 41.9 Å². The van der Waals surface area contributed by atoms with Crippen LogP contribution in [-0.4, -0.2) is 36.0 Å². The molecule has 0 saturated carbocycles. The van der Waals surface area contributed by atoms with Crippen molar-refractivity contribution in [3.63, 3.8) is 0 Å². The van der Waals surface area contributed by atoms with E-state index in [1.54, 1.807) is 6.07 Å². The van der Waals surface area contributed by atoms with Crippen LogP contribution in [0.5, 0.6) is 11.5 Å². The van der Waals surface area contributed by atoms with Gasteiger partial charge in [-0.2, -0.15) is 43.9 Å². The van der Waals surface area contributed by atoms with Crippen LogP contribution >= 0.6 is 0 Å². The van der Waals surface area contributed by atoms with Gasteiger partial charge in [0.05, 0.1) is 12.2 Å². The summed E-state index contributed by atoms with van der Waals surface area (Å²) < 4.78 is 138. The Kier molecular flexibility index (Phi) is 9.06. The highest BCUT2D eigenvalue weighted by Crippen LogP contribution is 2.52. The standard InChI is InChI=1S/C27H23F10NO3/c1-16-9-10-18(11-17(16)2)15-40-21-7-4-6-20(13-21)38(14-23(39)25(30,31)32)41-22-8-3-5-19(12-22)24(28,29)26(33,34)27(35,36)37/h3-13,23,39H,14-15H2,1-2H3. The Bertz CT molecular complexity index is 1340. The van der Waals surface area contributed by atoms with Gasteiger partial charge >= 0.3 is 24.2 Å². The molecule has 0 bridgehead atoms. The Morgan fingerprint density at radius 1 is 0.756 bits per heavy atom. The smallest absolute Gasteiger partial charge is 0.460 e. The number of aliphatic hydroxyl groups excluding tert-OH is 1. The number of rotatable bonds is 10. The zero-order chi connectivity index (χ0) is 30.8. The fraction of sp³-hybridized carbons (Fsp3) is 0.333. The molecule has 224 valence electrons. The second-order valence-electron chi connectivity index (χ2n) is 9.09. The largest absolute Gasteiger partial charge is 0.489 e. The summed E-state index contributed by atoms with van der Waals surface area (Å²) in [5.41, 5.74) is 0.799. The molecule has 0 spiro atoms. The molecule has 1 atom stereocenters. The van der Waals surface area contributed by atoms with Gasteiger partial charge in [-0.05, 0) is 54.8 Å². The highest BCUT2D eigenvalue weighted by molar-refractivity contribution is 5.50. The number of aliphatic hydroxyl groups is 1. The predicted molar refractivity (Wildman–Crippen MR) is 128 cm³/mol. The van der Waals surface area contributed by atoms with E-state index in [2.05, 4.69) is 0 Å². The Labute approximate surface area is 227 Å². The number of benzene rings is 3. The van der Waals surface area contributed by atoms with E-state index >= 15 is 0 Å². The van der Waals surface area contributed by atoms with Gasteiger partial charge in [-0.1, -0.05) is 36.4 Å². The number of halogens is 10. The molecule has 0 radical (unpaired) electrons. The van der Waals surface area contributed by atoms with Gasteiger partial charge in [0.25, 0.3) is 0 Å². The van der Waals surface area contributed by atoms with Gasteiger partial charge < -0.3 is 14.7 Å². The Morgan fingerprint density at radius 3 is 2.00 bits per heavy atom. The van der Waals surface area contributed by atoms with Crippen molar-refractivity contribution in [2.24, 2.45) is 0 Å². The van der Waals surface area contributed by atoms with E-state index < -0.39 is 48.2 Å². The molecule has 0 saturated heterocycles. The number of ether oxygens (including phenoxy) is 1. The molecule has 0 aromatic heterocycles. The lowest BCUT2D eigenvalue weighted by Crippen LogP contribution is -2.50. The molecule has 0 heterocycles. The molecule has 3 aromatic carbocycles. The quantitative estimate of drug-likeness (QED) is 0.190. The van der Waals surface area contributed by atoms with Crippen LogP contribution in [0.4, 0.5) is 49.6 Å². The van der Waals surface area contributed by atoms with E-state index in [1.807, 2.05) is 26.0 Å². The minimum absolute atomic E-state index is 0.0567. The molecule has 0 aliphatic rings. The second kappa shape index (κ2) is 11.7. The fourth-order valence-electron chi connectivity index (χ4n) is 3.48. The first-order chi connectivity index (χ1) is 18.8. The zero-order valence-corrected chi connectivity index (χ0v) is 21.3. The minimum Gasteiger partial charge on any atom is -0.489 e. The van der Waals surface area contributed by atoms with Crippen LogP contribution in [0.25, 0.3) is 0 Å². The van der Waals surface area contributed by atoms with Crippen LogP contribution in [0.2, 0.25) is 0 Å². The van der Waals surface area contributed by atoms with Crippen LogP contribution in [0.1, 0.15) is 22.3 Å². The van der Waals surface area contributed by atoms with E-state index in [4.69, 9.17) is 9.57 Å². The van der Waals surface area contributed by atoms with E-state index in [-0.39, 0.29) is 30.2 Å². The Hall–Kier alpha value is -3.68. The molecule has 0 fully saturated rings. The van der Waals surface area contributed by atoms with Crippen molar-refractivity contribution >= 4 is 5.69 Å². The third-order valence-corrected chi connectivity index (χ3v) is 5.96. The van der Waals surface area contributed by atoms with Crippen molar-refractivity contribution in [1.29, 1.82) is 0 Å². The van der Waals surface area contributed by atoms with E-state index in [0.717, 1.165) is 22.8 Å². The average molecular weight is 599 g/mol. The lowest BCUT2D eigenvalue weighted by Gasteiger charge is -2.30. The normalized spacial score (nSPS) is 13.6. The first kappa shape index (κ1) is 31.8. The molecule has 4 nitrogen and oxygen atoms in total. The van der Waals surface area contributed by atoms with Crippen molar-refractivity contribution < 1.29 is 58.6 Å². The third-order valence-electron chi connectivity index (χ3n) is 5.96. The van der Waals surface area contributed by atoms with Crippen molar-refractivity contribution in [2.45, 2.75) is 50.8 Å². The molecular weight excluding hydrogens is 576 g/mol. The number of nitrogens with zero attached hydrogens (tertiary/aromatic N) is 1. The van der Waals surface area contributed by atoms with Crippen LogP contribution in [0, 0.1) is 13.8 Å². The fourth-order valence-corrected chi connectivity index (χ4v) is 3.48. The molecule has 1 N–H and O–H groups in total. The molecular formula is C27H23F10NO3. The molecule has 1 unspecified atom stereocenters. The summed E-state index contributed by atoms with van der Waals surface area (Å²) in [5, 5.41) is 10.0. The van der Waals surface area contributed by atoms with Gasteiger partial charge in [0, 0.05) is 11.6 Å². The molecule has 3 aromatic rings. The van der Waals surface area contributed by atoms with Crippen LogP contribution in [-0.2, 0) is 12.5 Å². The summed E-state index contributed by atoms with van der Waals surface area (Å²) in [7, 11) is 0. The van der Waals surface area contributed by atoms with Crippen molar-refractivity contribution in [1.82, 2.24) is 0 Å². The Morgan fingerprint density at radius 2 is 1.39 bits per heavy atom. The Balaban J connectivity index is 1.92. The second-order valence-corrected chi connectivity index (χ2v) is 9.09. The first-order valence-electron chi connectivity index (χ1n) is 11.7. The molecule has 0 amide bonds. The zero-order valence-electron chi connectivity index (χ0n) is 21.3. The number of hydrogen-bond donors (Lipinski definition) is 1. The summed E-state index contributed by atoms with van der Waals surface area (Å²) >= 11 is 0. The van der Waals surface area contributed by atoms with Crippen LogP contribution in [0.3, 0.4) is 0 Å². The highest BCUT2D eigenvalue weighted by atomic mass is 19.4. The SMILES string of the molecule is Cc1ccc(COc2cccc(N(CC(O)C(F)(F)F)Oc3cccc(C(F)(F)C(F)(F)C(F)(F)F)c3)c2)cc1C. The van der Waals surface area contributed by atoms with Gasteiger partial charge in [-0.15, -0.1) is 0 Å². The summed E-state index contributed by atoms with van der Waals surface area (Å²) in [6, 6.07) is 12.6. The van der Waals surface area contributed by atoms with Crippen LogP contribution < -0.4 is 14.6 Å². The first-order valence-corrected chi connectivity index (χ1v) is 11.7. The number of anilines is 1. The summed E-state index contributed by atoms with van der Waals surface area (Å²) in [5.74, 6) is -12.9. The minimum atomic E-state index is -6.60. The highest BCUT2D eigenvalue weighted by Gasteiger charge is 2.73. The van der Waals surface area contributed by atoms with Crippen molar-refractivity contribution in [3.8, 4) is 11.5 Å². The number of aryl methyl sites for hydroxylation is 2. The van der Waals surface area contributed by atoms with E-state index in [9.17, 15) is 49.0 Å². The van der Waals surface area contributed by atoms with E-state index in [0.29, 0.717) is 11.1 Å². The molecule has 3 rings (SSSR count). The maximum absolute atomic E-state index is 14.2. The predicted octanol–water partition coefficient (Wildman–Crippen LogP) is 7.90. The van der Waals surface area contributed by atoms with Gasteiger partial charge in [-0.25, -0.2) is 5.06 Å². The number of hydroxylamine groups is 1. The van der Waals surface area contributed by atoms with Gasteiger partial charge in [0.15, 0.2) is 11.9 Å². The lowest BCUT2D eigenvalue weighted by molar-refractivity contribution is -0.359. The van der Waals surface area contributed by atoms with Crippen molar-refractivity contribution in [2.75, 3.05) is 11.6 Å². The summed E-state index contributed by atoms with van der Waals surface area (Å²) in [6.07, 6.45) is -14.8. The molecule has 0 aliphatic heterocycles. The monoisotopic (exact) mass is 599 g/mol. The van der Waals surface area contributed by atoms with E-state index in [1.165, 1.54) is 24.3 Å². The number of hydrogen-bond acceptors (Lipinski definition) is 4. The maximum Gasteiger partial charge on any atom is 0.460 e. The summed E-state index contributed by atoms with van der Waals surface area (Å²) in [4.78, 5) is 5.21. The average Bonchev–Trinajstić information content (AvgIpc) is 2.88. The summed E-state index contributed by atoms with van der Waals surface area (Å²) in [6.45, 7) is 2.52. The van der Waals surface area contributed by atoms with Gasteiger partial charge in [0.1, 0.15) is 12.4 Å². The van der Waals surface area contributed by atoms with Gasteiger partial charge in [-0.3, -0.25) is 0 Å². The molecule has 41 heavy (non-hydrogen) atoms.